The lowest BCUT2D eigenvalue weighted by molar-refractivity contribution is -0.113. The standard InChI is InChI=1S/C16H11N5OS2/c17-15-21(16-18-6-7-23-16)14(22)12(24-15)8-11-9-19-20-13(11)10-4-2-1-3-5-10/h1-9,17H,(H,19,20)/b12-8-,17-15?. The predicted octanol–water partition coefficient (Wildman–Crippen LogP) is 3.59. The van der Waals surface area contributed by atoms with Gasteiger partial charge < -0.3 is 0 Å². The lowest BCUT2D eigenvalue weighted by Crippen LogP contribution is -2.27. The molecule has 0 aliphatic carbocycles. The summed E-state index contributed by atoms with van der Waals surface area (Å²) < 4.78 is 0. The molecule has 1 aliphatic rings. The van der Waals surface area contributed by atoms with Crippen LogP contribution in [-0.2, 0) is 4.79 Å². The summed E-state index contributed by atoms with van der Waals surface area (Å²) in [6.07, 6.45) is 5.14. The van der Waals surface area contributed by atoms with E-state index in [-0.39, 0.29) is 11.1 Å². The first-order chi connectivity index (χ1) is 11.7. The van der Waals surface area contributed by atoms with Gasteiger partial charge in [-0.1, -0.05) is 30.3 Å². The Balaban J connectivity index is 1.70. The number of aromatic amines is 1. The van der Waals surface area contributed by atoms with Crippen molar-refractivity contribution < 1.29 is 4.79 Å². The topological polar surface area (TPSA) is 85.7 Å². The normalized spacial score (nSPS) is 16.3. The summed E-state index contributed by atoms with van der Waals surface area (Å²) in [6, 6.07) is 9.75. The van der Waals surface area contributed by atoms with Gasteiger partial charge in [0, 0.05) is 28.9 Å². The van der Waals surface area contributed by atoms with E-state index in [2.05, 4.69) is 15.2 Å². The van der Waals surface area contributed by atoms with E-state index in [4.69, 9.17) is 5.41 Å². The summed E-state index contributed by atoms with van der Waals surface area (Å²) in [4.78, 5) is 18.5. The Bertz CT molecular complexity index is 931. The molecule has 1 aliphatic heterocycles. The van der Waals surface area contributed by atoms with Crippen LogP contribution in [0.5, 0.6) is 0 Å². The van der Waals surface area contributed by atoms with E-state index >= 15 is 0 Å². The molecule has 3 heterocycles. The molecule has 0 saturated carbocycles. The van der Waals surface area contributed by atoms with Crippen LogP contribution in [-0.4, -0.2) is 26.3 Å². The summed E-state index contributed by atoms with van der Waals surface area (Å²) in [6.45, 7) is 0. The fraction of sp³-hybridized carbons (Fsp3) is 0. The van der Waals surface area contributed by atoms with Gasteiger partial charge in [-0.15, -0.1) is 11.3 Å². The third kappa shape index (κ3) is 2.55. The number of carbonyl (C=O) groups excluding carboxylic acids is 1. The van der Waals surface area contributed by atoms with Crippen LogP contribution in [0.25, 0.3) is 17.3 Å². The SMILES string of the molecule is N=C1S/C(=C\c2c[nH]nc2-c2ccccc2)C(=O)N1c1nccs1. The highest BCUT2D eigenvalue weighted by Gasteiger charge is 2.35. The highest BCUT2D eigenvalue weighted by Crippen LogP contribution is 2.36. The van der Waals surface area contributed by atoms with Gasteiger partial charge in [-0.05, 0) is 17.8 Å². The first-order valence-electron chi connectivity index (χ1n) is 7.05. The maximum atomic E-state index is 12.6. The summed E-state index contributed by atoms with van der Waals surface area (Å²) >= 11 is 2.46. The zero-order chi connectivity index (χ0) is 16.5. The predicted molar refractivity (Wildman–Crippen MR) is 96.9 cm³/mol. The molecule has 4 rings (SSSR count). The number of carbonyl (C=O) groups is 1. The van der Waals surface area contributed by atoms with Crippen LogP contribution in [0.2, 0.25) is 0 Å². The third-order valence-electron chi connectivity index (χ3n) is 3.44. The largest absolute Gasteiger partial charge is 0.284 e. The van der Waals surface area contributed by atoms with Crippen LogP contribution in [0, 0.1) is 5.41 Å². The monoisotopic (exact) mass is 353 g/mol. The first-order valence-corrected chi connectivity index (χ1v) is 8.75. The number of amidine groups is 1. The molecular formula is C16H11N5OS2. The number of hydrogen-bond donors (Lipinski definition) is 2. The van der Waals surface area contributed by atoms with Gasteiger partial charge in [0.05, 0.1) is 10.6 Å². The molecule has 2 aromatic heterocycles. The summed E-state index contributed by atoms with van der Waals surface area (Å²) in [5.41, 5.74) is 2.55. The highest BCUT2D eigenvalue weighted by atomic mass is 32.2. The number of H-pyrrole nitrogens is 1. The molecular weight excluding hydrogens is 342 g/mol. The minimum atomic E-state index is -0.236. The fourth-order valence-electron chi connectivity index (χ4n) is 2.36. The zero-order valence-corrected chi connectivity index (χ0v) is 13.9. The van der Waals surface area contributed by atoms with Crippen molar-refractivity contribution in [2.75, 3.05) is 4.90 Å². The Morgan fingerprint density at radius 2 is 2.08 bits per heavy atom. The second kappa shape index (κ2) is 6.06. The third-order valence-corrected chi connectivity index (χ3v) is 5.08. The van der Waals surface area contributed by atoms with Gasteiger partial charge in [0.25, 0.3) is 5.91 Å². The second-order valence-electron chi connectivity index (χ2n) is 4.93. The molecule has 0 bridgehead atoms. The molecule has 118 valence electrons. The van der Waals surface area contributed by atoms with Gasteiger partial charge in [0.2, 0.25) is 0 Å². The van der Waals surface area contributed by atoms with Crippen LogP contribution >= 0.6 is 23.1 Å². The summed E-state index contributed by atoms with van der Waals surface area (Å²) in [7, 11) is 0. The van der Waals surface area contributed by atoms with Crippen LogP contribution < -0.4 is 4.90 Å². The first kappa shape index (κ1) is 14.9. The Labute approximate surface area is 145 Å². The van der Waals surface area contributed by atoms with E-state index in [1.165, 1.54) is 16.2 Å². The van der Waals surface area contributed by atoms with Gasteiger partial charge in [-0.2, -0.15) is 5.10 Å². The number of aromatic nitrogens is 3. The van der Waals surface area contributed by atoms with Gasteiger partial charge in [-0.3, -0.25) is 15.3 Å². The Hall–Kier alpha value is -2.71. The average molecular weight is 353 g/mol. The molecule has 1 amide bonds. The molecule has 8 heteroatoms. The molecule has 0 spiro atoms. The molecule has 6 nitrogen and oxygen atoms in total. The van der Waals surface area contributed by atoms with Crippen LogP contribution in [0.4, 0.5) is 5.13 Å². The minimum absolute atomic E-state index is 0.158. The van der Waals surface area contributed by atoms with Crippen molar-refractivity contribution in [2.45, 2.75) is 0 Å². The number of nitrogens with one attached hydrogen (secondary N) is 2. The van der Waals surface area contributed by atoms with E-state index < -0.39 is 0 Å². The fourth-order valence-corrected chi connectivity index (χ4v) is 3.90. The number of thioether (sulfide) groups is 1. The molecule has 0 unspecified atom stereocenters. The van der Waals surface area contributed by atoms with Crippen molar-refractivity contribution in [3.8, 4) is 11.3 Å². The molecule has 1 fully saturated rings. The van der Waals surface area contributed by atoms with Crippen LogP contribution in [0.3, 0.4) is 0 Å². The van der Waals surface area contributed by atoms with E-state index in [1.807, 2.05) is 30.3 Å². The van der Waals surface area contributed by atoms with Crippen LogP contribution in [0.15, 0.2) is 53.0 Å². The van der Waals surface area contributed by atoms with Crippen molar-refractivity contribution in [1.29, 1.82) is 5.41 Å². The van der Waals surface area contributed by atoms with Crippen molar-refractivity contribution >= 4 is 45.4 Å². The Morgan fingerprint density at radius 3 is 2.83 bits per heavy atom. The zero-order valence-electron chi connectivity index (χ0n) is 12.3. The molecule has 2 N–H and O–H groups in total. The van der Waals surface area contributed by atoms with Gasteiger partial charge in [-0.25, -0.2) is 9.88 Å². The second-order valence-corrected chi connectivity index (χ2v) is 6.83. The number of benzene rings is 1. The number of amides is 1. The lowest BCUT2D eigenvalue weighted by Gasteiger charge is -2.08. The van der Waals surface area contributed by atoms with Crippen molar-refractivity contribution in [2.24, 2.45) is 0 Å². The number of anilines is 1. The number of hydrogen-bond acceptors (Lipinski definition) is 6. The summed E-state index contributed by atoms with van der Waals surface area (Å²) in [5, 5.41) is 17.6. The molecule has 1 saturated heterocycles. The smallest absolute Gasteiger partial charge is 0.273 e. The van der Waals surface area contributed by atoms with Gasteiger partial charge >= 0.3 is 0 Å². The average Bonchev–Trinajstić information content (AvgIpc) is 3.31. The highest BCUT2D eigenvalue weighted by molar-refractivity contribution is 8.19. The molecule has 0 radical (unpaired) electrons. The number of rotatable bonds is 3. The molecule has 3 aromatic rings. The molecule has 24 heavy (non-hydrogen) atoms. The Morgan fingerprint density at radius 1 is 1.25 bits per heavy atom. The molecule has 0 atom stereocenters. The molecule has 1 aromatic carbocycles. The van der Waals surface area contributed by atoms with E-state index in [9.17, 15) is 4.79 Å². The lowest BCUT2D eigenvalue weighted by atomic mass is 10.1. The van der Waals surface area contributed by atoms with Gasteiger partial charge in [0.1, 0.15) is 0 Å². The van der Waals surface area contributed by atoms with Crippen LogP contribution in [0.1, 0.15) is 5.56 Å². The van der Waals surface area contributed by atoms with E-state index in [0.29, 0.717) is 10.0 Å². The van der Waals surface area contributed by atoms with Gasteiger partial charge in [0.15, 0.2) is 10.3 Å². The number of nitrogens with zero attached hydrogens (tertiary/aromatic N) is 3. The maximum absolute atomic E-state index is 12.6. The minimum Gasteiger partial charge on any atom is -0.284 e. The quantitative estimate of drug-likeness (QED) is 0.705. The van der Waals surface area contributed by atoms with Crippen molar-refractivity contribution in [3.05, 3.63) is 58.6 Å². The van der Waals surface area contributed by atoms with Crippen molar-refractivity contribution in [3.63, 3.8) is 0 Å². The number of thiazole rings is 1. The maximum Gasteiger partial charge on any atom is 0.273 e. The van der Waals surface area contributed by atoms with E-state index in [0.717, 1.165) is 28.6 Å². The Kier molecular flexibility index (Phi) is 3.75. The van der Waals surface area contributed by atoms with E-state index in [1.54, 1.807) is 23.8 Å². The van der Waals surface area contributed by atoms with Crippen molar-refractivity contribution in [1.82, 2.24) is 15.2 Å². The summed E-state index contributed by atoms with van der Waals surface area (Å²) in [5.74, 6) is -0.236.